The molecule has 19 heavy (non-hydrogen) atoms. The number of nitrogens with zero attached hydrogens (tertiary/aromatic N) is 1. The minimum atomic E-state index is -4.03. The molecule has 0 aliphatic rings. The number of nitrogens with one attached hydrogen (secondary N) is 2. The van der Waals surface area contributed by atoms with Crippen LogP contribution in [0.15, 0.2) is 29.3 Å². The molecule has 0 amide bonds. The van der Waals surface area contributed by atoms with E-state index in [1.165, 1.54) is 6.20 Å². The van der Waals surface area contributed by atoms with Crippen LogP contribution in [0.25, 0.3) is 0 Å². The van der Waals surface area contributed by atoms with Crippen molar-refractivity contribution in [2.75, 3.05) is 0 Å². The van der Waals surface area contributed by atoms with Gasteiger partial charge in [-0.3, -0.25) is 5.10 Å². The number of rotatable bonds is 4. The van der Waals surface area contributed by atoms with Crippen LogP contribution in [0.1, 0.15) is 11.3 Å². The van der Waals surface area contributed by atoms with E-state index >= 15 is 0 Å². The van der Waals surface area contributed by atoms with Crippen LogP contribution in [-0.2, 0) is 16.6 Å². The quantitative estimate of drug-likeness (QED) is 0.894. The van der Waals surface area contributed by atoms with Gasteiger partial charge in [0.15, 0.2) is 0 Å². The second-order valence-corrected chi connectivity index (χ2v) is 5.65. The van der Waals surface area contributed by atoms with Gasteiger partial charge in [-0.15, -0.1) is 0 Å². The third-order valence-electron chi connectivity index (χ3n) is 2.57. The molecule has 0 fully saturated rings. The van der Waals surface area contributed by atoms with Gasteiger partial charge in [-0.25, -0.2) is 21.9 Å². The summed E-state index contributed by atoms with van der Waals surface area (Å²) in [5, 5.41) is 6.40. The molecule has 1 aromatic heterocycles. The maximum atomic E-state index is 13.4. The topological polar surface area (TPSA) is 74.8 Å². The van der Waals surface area contributed by atoms with Gasteiger partial charge in [-0.2, -0.15) is 5.10 Å². The van der Waals surface area contributed by atoms with E-state index in [4.69, 9.17) is 0 Å². The van der Waals surface area contributed by atoms with E-state index in [1.54, 1.807) is 6.92 Å². The number of halogens is 2. The van der Waals surface area contributed by atoms with Gasteiger partial charge in [0.1, 0.15) is 16.5 Å². The van der Waals surface area contributed by atoms with Crippen molar-refractivity contribution in [1.82, 2.24) is 14.9 Å². The summed E-state index contributed by atoms with van der Waals surface area (Å²) in [4.78, 5) is -0.588. The highest BCUT2D eigenvalue weighted by molar-refractivity contribution is 7.89. The summed E-state index contributed by atoms with van der Waals surface area (Å²) in [5.41, 5.74) is 1.35. The summed E-state index contributed by atoms with van der Waals surface area (Å²) in [7, 11) is -4.03. The van der Waals surface area contributed by atoms with Crippen LogP contribution in [0.4, 0.5) is 8.78 Å². The maximum Gasteiger partial charge on any atom is 0.243 e. The fourth-order valence-electron chi connectivity index (χ4n) is 1.50. The van der Waals surface area contributed by atoms with Crippen LogP contribution in [0.2, 0.25) is 0 Å². The molecule has 2 rings (SSSR count). The normalized spacial score (nSPS) is 11.7. The average Bonchev–Trinajstić information content (AvgIpc) is 2.72. The van der Waals surface area contributed by atoms with Gasteiger partial charge in [-0.05, 0) is 19.1 Å². The highest BCUT2D eigenvalue weighted by Gasteiger charge is 2.19. The molecule has 5 nitrogen and oxygen atoms in total. The van der Waals surface area contributed by atoms with Crippen LogP contribution in [-0.4, -0.2) is 18.6 Å². The molecule has 1 aromatic carbocycles. The molecular formula is C11H11F2N3O2S. The molecule has 0 aliphatic heterocycles. The number of aromatic amines is 1. The van der Waals surface area contributed by atoms with Gasteiger partial charge in [-0.1, -0.05) is 0 Å². The van der Waals surface area contributed by atoms with E-state index in [2.05, 4.69) is 14.9 Å². The van der Waals surface area contributed by atoms with Crippen molar-refractivity contribution < 1.29 is 17.2 Å². The van der Waals surface area contributed by atoms with Gasteiger partial charge in [0, 0.05) is 23.9 Å². The second-order valence-electron chi connectivity index (χ2n) is 3.92. The van der Waals surface area contributed by atoms with Gasteiger partial charge in [0.2, 0.25) is 10.0 Å². The summed E-state index contributed by atoms with van der Waals surface area (Å²) >= 11 is 0. The van der Waals surface area contributed by atoms with Crippen molar-refractivity contribution >= 4 is 10.0 Å². The monoisotopic (exact) mass is 287 g/mol. The number of aromatic nitrogens is 2. The molecule has 0 unspecified atom stereocenters. The van der Waals surface area contributed by atoms with E-state index in [9.17, 15) is 17.2 Å². The Morgan fingerprint density at radius 3 is 2.68 bits per heavy atom. The van der Waals surface area contributed by atoms with Crippen LogP contribution in [0, 0.1) is 18.6 Å². The number of sulfonamides is 1. The molecule has 8 heteroatoms. The molecule has 0 atom stereocenters. The Bertz CT molecular complexity index is 698. The molecule has 2 N–H and O–H groups in total. The summed E-state index contributed by atoms with van der Waals surface area (Å²) in [6.07, 6.45) is 1.47. The lowest BCUT2D eigenvalue weighted by Crippen LogP contribution is -2.24. The minimum absolute atomic E-state index is 0.0263. The zero-order chi connectivity index (χ0) is 14.0. The van der Waals surface area contributed by atoms with Crippen molar-refractivity contribution in [3.8, 4) is 0 Å². The lowest BCUT2D eigenvalue weighted by molar-refractivity contribution is 0.543. The lowest BCUT2D eigenvalue weighted by Gasteiger charge is -2.07. The largest absolute Gasteiger partial charge is 0.283 e. The molecule has 2 aromatic rings. The molecule has 0 spiro atoms. The average molecular weight is 287 g/mol. The third kappa shape index (κ3) is 2.96. The van der Waals surface area contributed by atoms with Crippen molar-refractivity contribution in [2.24, 2.45) is 0 Å². The molecule has 0 radical (unpaired) electrons. The number of aryl methyl sites for hydroxylation is 1. The predicted octanol–water partition coefficient (Wildman–Crippen LogP) is 1.47. The van der Waals surface area contributed by atoms with E-state index in [0.717, 1.165) is 12.1 Å². The Morgan fingerprint density at radius 2 is 2.11 bits per heavy atom. The zero-order valence-electron chi connectivity index (χ0n) is 9.94. The zero-order valence-corrected chi connectivity index (χ0v) is 10.8. The van der Waals surface area contributed by atoms with Crippen molar-refractivity contribution in [2.45, 2.75) is 18.4 Å². The van der Waals surface area contributed by atoms with E-state index < -0.39 is 26.6 Å². The standard InChI is InChI=1S/C11H11F2N3O2S/c1-7-8(5-14-16-7)6-15-19(17,18)11-3-2-9(12)4-10(11)13/h2-5,15H,6H2,1H3,(H,14,16). The van der Waals surface area contributed by atoms with Crippen LogP contribution < -0.4 is 4.72 Å². The molecule has 0 aliphatic carbocycles. The fraction of sp³-hybridized carbons (Fsp3) is 0.182. The van der Waals surface area contributed by atoms with Gasteiger partial charge >= 0.3 is 0 Å². The van der Waals surface area contributed by atoms with Gasteiger partial charge < -0.3 is 0 Å². The lowest BCUT2D eigenvalue weighted by atomic mass is 10.3. The number of hydrogen-bond donors (Lipinski definition) is 2. The second kappa shape index (κ2) is 5.06. The van der Waals surface area contributed by atoms with Crippen LogP contribution in [0.5, 0.6) is 0 Å². The molecule has 102 valence electrons. The smallest absolute Gasteiger partial charge is 0.243 e. The Labute approximate surface area is 108 Å². The Kier molecular flexibility index (Phi) is 3.63. The first-order valence-electron chi connectivity index (χ1n) is 5.34. The SMILES string of the molecule is Cc1[nH]ncc1CNS(=O)(=O)c1ccc(F)cc1F. The third-order valence-corrected chi connectivity index (χ3v) is 4.00. The Hall–Kier alpha value is -1.80. The van der Waals surface area contributed by atoms with Crippen molar-refractivity contribution in [3.05, 3.63) is 47.3 Å². The fourth-order valence-corrected chi connectivity index (χ4v) is 2.56. The van der Waals surface area contributed by atoms with E-state index in [-0.39, 0.29) is 6.54 Å². The molecule has 1 heterocycles. The number of H-pyrrole nitrogens is 1. The Morgan fingerprint density at radius 1 is 1.37 bits per heavy atom. The molecular weight excluding hydrogens is 276 g/mol. The first-order valence-corrected chi connectivity index (χ1v) is 6.82. The van der Waals surface area contributed by atoms with Crippen LogP contribution >= 0.6 is 0 Å². The molecule has 0 saturated carbocycles. The van der Waals surface area contributed by atoms with E-state index in [1.807, 2.05) is 0 Å². The van der Waals surface area contributed by atoms with Gasteiger partial charge in [0.25, 0.3) is 0 Å². The van der Waals surface area contributed by atoms with Crippen molar-refractivity contribution in [3.63, 3.8) is 0 Å². The first-order chi connectivity index (χ1) is 8.90. The Balaban J connectivity index is 2.21. The number of benzene rings is 1. The highest BCUT2D eigenvalue weighted by Crippen LogP contribution is 2.16. The van der Waals surface area contributed by atoms with Gasteiger partial charge in [0.05, 0.1) is 6.20 Å². The maximum absolute atomic E-state index is 13.4. The number of hydrogen-bond acceptors (Lipinski definition) is 3. The summed E-state index contributed by atoms with van der Waals surface area (Å²) < 4.78 is 52.1. The summed E-state index contributed by atoms with van der Waals surface area (Å²) in [5.74, 6) is -1.96. The first kappa shape index (κ1) is 13.6. The van der Waals surface area contributed by atoms with E-state index in [0.29, 0.717) is 17.3 Å². The minimum Gasteiger partial charge on any atom is -0.283 e. The summed E-state index contributed by atoms with van der Waals surface area (Å²) in [6.45, 7) is 1.70. The summed E-state index contributed by atoms with van der Waals surface area (Å²) in [6, 6.07) is 2.30. The highest BCUT2D eigenvalue weighted by atomic mass is 32.2. The molecule has 0 saturated heterocycles. The van der Waals surface area contributed by atoms with Crippen LogP contribution in [0.3, 0.4) is 0 Å². The predicted molar refractivity (Wildman–Crippen MR) is 63.7 cm³/mol. The molecule has 0 bridgehead atoms. The van der Waals surface area contributed by atoms with Crippen molar-refractivity contribution in [1.29, 1.82) is 0 Å².